The van der Waals surface area contributed by atoms with Crippen molar-refractivity contribution in [2.24, 2.45) is 5.84 Å². The van der Waals surface area contributed by atoms with Crippen molar-refractivity contribution in [1.82, 2.24) is 0 Å². The smallest absolute Gasteiger partial charge is 0.223 e. The van der Waals surface area contributed by atoms with Gasteiger partial charge in [0.05, 0.1) is 0 Å². The lowest BCUT2D eigenvalue weighted by atomic mass is 10.3. The maximum absolute atomic E-state index is 12.9. The van der Waals surface area contributed by atoms with Crippen molar-refractivity contribution in [2.75, 3.05) is 5.17 Å². The molecule has 1 rings (SSSR count). The van der Waals surface area contributed by atoms with Crippen molar-refractivity contribution in [1.29, 1.82) is 0 Å². The molecular weight excluding hydrogens is 200 g/mol. The van der Waals surface area contributed by atoms with E-state index in [4.69, 9.17) is 5.84 Å². The highest BCUT2D eigenvalue weighted by Crippen LogP contribution is 2.19. The van der Waals surface area contributed by atoms with E-state index in [0.717, 1.165) is 18.2 Å². The number of halogens is 2. The highest BCUT2D eigenvalue weighted by atomic mass is 19.2. The van der Waals surface area contributed by atoms with E-state index in [9.17, 15) is 18.9 Å². The molecule has 0 aliphatic carbocycles. The van der Waals surface area contributed by atoms with Gasteiger partial charge in [-0.1, -0.05) is 6.07 Å². The van der Waals surface area contributed by atoms with Gasteiger partial charge in [0.1, 0.15) is 5.69 Å². The van der Waals surface area contributed by atoms with Crippen LogP contribution < -0.4 is 11.0 Å². The zero-order valence-electron chi connectivity index (χ0n) is 6.68. The van der Waals surface area contributed by atoms with Crippen LogP contribution in [0.15, 0.2) is 18.2 Å². The minimum atomic E-state index is -1.32. The van der Waals surface area contributed by atoms with Crippen LogP contribution in [0.4, 0.5) is 14.5 Å². The Hall–Kier alpha value is -1.96. The van der Waals surface area contributed by atoms with E-state index in [0.29, 0.717) is 0 Å². The van der Waals surface area contributed by atoms with Crippen molar-refractivity contribution < 1.29 is 18.8 Å². The predicted octanol–water partition coefficient (Wildman–Crippen LogP) is 0.768. The number of hydrogen-bond acceptors (Lipinski definition) is 5. The summed E-state index contributed by atoms with van der Waals surface area (Å²) >= 11 is 0. The molecule has 0 aliphatic heterocycles. The third-order valence-electron chi connectivity index (χ3n) is 1.32. The Morgan fingerprint density at radius 3 is 2.71 bits per heavy atom. The van der Waals surface area contributed by atoms with Crippen molar-refractivity contribution >= 4 is 5.69 Å². The average Bonchev–Trinajstić information content (AvgIpc) is 2.08. The standard InChI is InChI=1S/C6H5F2N3O3/c7-4-2-1-3-5(6(4)8)10(9)14-11(12)13/h1-3H,9H2. The Morgan fingerprint density at radius 1 is 1.50 bits per heavy atom. The number of nitrogens with two attached hydrogens (primary N) is 1. The number of benzene rings is 1. The fourth-order valence-electron chi connectivity index (χ4n) is 0.778. The molecule has 76 valence electrons. The molecule has 0 saturated carbocycles. The predicted molar refractivity (Wildman–Crippen MR) is 41.1 cm³/mol. The van der Waals surface area contributed by atoms with Crippen LogP contribution in [0.1, 0.15) is 0 Å². The fraction of sp³-hybridized carbons (Fsp3) is 0. The highest BCUT2D eigenvalue weighted by Gasteiger charge is 2.14. The largest absolute Gasteiger partial charge is 0.318 e. The van der Waals surface area contributed by atoms with Crippen molar-refractivity contribution in [2.45, 2.75) is 0 Å². The second kappa shape index (κ2) is 3.83. The molecule has 0 saturated heterocycles. The quantitative estimate of drug-likeness (QED) is 0.447. The molecule has 2 N–H and O–H groups in total. The van der Waals surface area contributed by atoms with Crippen LogP contribution in [0.5, 0.6) is 0 Å². The summed E-state index contributed by atoms with van der Waals surface area (Å²) in [6.45, 7) is 0. The summed E-state index contributed by atoms with van der Waals surface area (Å²) in [4.78, 5) is 13.5. The average molecular weight is 205 g/mol. The Balaban J connectivity index is 2.95. The first-order valence-corrected chi connectivity index (χ1v) is 3.33. The number of hydrazine groups is 1. The van der Waals surface area contributed by atoms with Crippen LogP contribution in [0.2, 0.25) is 0 Å². The molecule has 0 unspecified atom stereocenters. The first kappa shape index (κ1) is 10.1. The molecule has 6 nitrogen and oxygen atoms in total. The molecule has 0 atom stereocenters. The van der Waals surface area contributed by atoms with Gasteiger partial charge in [-0.05, 0) is 12.1 Å². The number of anilines is 1. The van der Waals surface area contributed by atoms with E-state index in [2.05, 4.69) is 4.94 Å². The van der Waals surface area contributed by atoms with Gasteiger partial charge in [-0.25, -0.2) is 14.6 Å². The van der Waals surface area contributed by atoms with Crippen LogP contribution in [-0.2, 0) is 4.94 Å². The van der Waals surface area contributed by atoms with Gasteiger partial charge in [0.2, 0.25) is 0 Å². The van der Waals surface area contributed by atoms with Gasteiger partial charge < -0.3 is 0 Å². The van der Waals surface area contributed by atoms with E-state index >= 15 is 0 Å². The molecule has 1 aromatic carbocycles. The lowest BCUT2D eigenvalue weighted by molar-refractivity contribution is -0.762. The van der Waals surface area contributed by atoms with E-state index in [-0.39, 0.29) is 5.17 Å². The molecule has 0 aliphatic rings. The Bertz CT molecular complexity index is 360. The molecule has 0 heterocycles. The maximum Gasteiger partial charge on any atom is 0.318 e. The summed E-state index contributed by atoms with van der Waals surface area (Å²) in [5, 5.41) is 8.61. The van der Waals surface area contributed by atoms with E-state index < -0.39 is 22.4 Å². The minimum Gasteiger partial charge on any atom is -0.223 e. The summed E-state index contributed by atoms with van der Waals surface area (Å²) in [6, 6.07) is 3.01. The molecule has 0 amide bonds. The maximum atomic E-state index is 12.9. The van der Waals surface area contributed by atoms with Crippen molar-refractivity contribution in [3.63, 3.8) is 0 Å². The third kappa shape index (κ3) is 2.04. The van der Waals surface area contributed by atoms with Crippen LogP contribution in [0, 0.1) is 21.7 Å². The minimum absolute atomic E-state index is 0.0262. The first-order chi connectivity index (χ1) is 6.52. The summed E-state index contributed by atoms with van der Waals surface area (Å²) in [5.74, 6) is 2.43. The number of rotatable bonds is 3. The zero-order chi connectivity index (χ0) is 10.7. The molecule has 8 heteroatoms. The molecule has 0 radical (unpaired) electrons. The molecular formula is C6H5F2N3O3. The molecule has 14 heavy (non-hydrogen) atoms. The summed E-state index contributed by atoms with van der Waals surface area (Å²) in [5.41, 5.74) is -0.568. The van der Waals surface area contributed by atoms with Gasteiger partial charge in [0.25, 0.3) is 0 Å². The zero-order valence-corrected chi connectivity index (χ0v) is 6.68. The second-order valence-corrected chi connectivity index (χ2v) is 2.20. The molecule has 0 aromatic heterocycles. The van der Waals surface area contributed by atoms with Crippen LogP contribution in [-0.4, -0.2) is 5.09 Å². The van der Waals surface area contributed by atoms with Crippen LogP contribution >= 0.6 is 0 Å². The van der Waals surface area contributed by atoms with Gasteiger partial charge >= 0.3 is 5.09 Å². The Morgan fingerprint density at radius 2 is 2.14 bits per heavy atom. The van der Waals surface area contributed by atoms with E-state index in [1.807, 2.05) is 0 Å². The summed E-state index contributed by atoms with van der Waals surface area (Å²) in [7, 11) is 0. The number of hydrogen-bond donors (Lipinski definition) is 1. The number of nitrogens with zero attached hydrogens (tertiary/aromatic N) is 2. The van der Waals surface area contributed by atoms with E-state index in [1.165, 1.54) is 0 Å². The Labute approximate surface area is 76.5 Å². The first-order valence-electron chi connectivity index (χ1n) is 3.33. The van der Waals surface area contributed by atoms with Gasteiger partial charge in [0.15, 0.2) is 11.6 Å². The van der Waals surface area contributed by atoms with Crippen molar-refractivity contribution in [3.05, 3.63) is 39.9 Å². The molecule has 0 spiro atoms. The second-order valence-electron chi connectivity index (χ2n) is 2.20. The summed E-state index contributed by atoms with van der Waals surface area (Å²) in [6.07, 6.45) is 0. The highest BCUT2D eigenvalue weighted by molar-refractivity contribution is 5.44. The molecule has 0 bridgehead atoms. The van der Waals surface area contributed by atoms with Gasteiger partial charge in [0, 0.05) is 0 Å². The van der Waals surface area contributed by atoms with Crippen molar-refractivity contribution in [3.8, 4) is 0 Å². The van der Waals surface area contributed by atoms with Gasteiger partial charge in [-0.3, -0.25) is 0 Å². The van der Waals surface area contributed by atoms with E-state index in [1.54, 1.807) is 0 Å². The Kier molecular flexibility index (Phi) is 2.77. The normalized spacial score (nSPS) is 9.64. The van der Waals surface area contributed by atoms with Gasteiger partial charge in [-0.2, -0.15) is 4.94 Å². The fourth-order valence-corrected chi connectivity index (χ4v) is 0.778. The van der Waals surface area contributed by atoms with Gasteiger partial charge in [-0.15, -0.1) is 15.3 Å². The monoisotopic (exact) mass is 205 g/mol. The molecule has 0 fully saturated rings. The lowest BCUT2D eigenvalue weighted by Crippen LogP contribution is -2.34. The lowest BCUT2D eigenvalue weighted by Gasteiger charge is -2.14. The third-order valence-corrected chi connectivity index (χ3v) is 1.32. The van der Waals surface area contributed by atoms with Crippen LogP contribution in [0.25, 0.3) is 0 Å². The van der Waals surface area contributed by atoms with Crippen LogP contribution in [0.3, 0.4) is 0 Å². The molecule has 1 aromatic rings. The SMILES string of the molecule is NN(O[N+](=O)[O-])c1cccc(F)c1F. The summed E-state index contributed by atoms with van der Waals surface area (Å²) < 4.78 is 25.5. The topological polar surface area (TPSA) is 81.6 Å².